The maximum absolute atomic E-state index is 10.6. The first-order valence-corrected chi connectivity index (χ1v) is 2.81. The normalized spacial score (nSPS) is 24.6. The fourth-order valence-electron chi connectivity index (χ4n) is 0.703. The summed E-state index contributed by atoms with van der Waals surface area (Å²) in [7, 11) is 0. The van der Waals surface area contributed by atoms with E-state index in [2.05, 4.69) is 0 Å². The minimum atomic E-state index is -0.421. The SMILES string of the molecule is O=C1C=CO[C@@H]1CCO. The van der Waals surface area contributed by atoms with Crippen LogP contribution in [0.3, 0.4) is 0 Å². The van der Waals surface area contributed by atoms with E-state index in [-0.39, 0.29) is 12.4 Å². The van der Waals surface area contributed by atoms with Crippen molar-refractivity contribution in [2.45, 2.75) is 12.5 Å². The van der Waals surface area contributed by atoms with Crippen LogP contribution in [0.4, 0.5) is 0 Å². The van der Waals surface area contributed by atoms with Crippen LogP contribution in [0.15, 0.2) is 12.3 Å². The molecule has 1 N–H and O–H groups in total. The zero-order chi connectivity index (χ0) is 6.69. The minimum Gasteiger partial charge on any atom is -0.490 e. The van der Waals surface area contributed by atoms with E-state index in [0.717, 1.165) is 0 Å². The smallest absolute Gasteiger partial charge is 0.199 e. The van der Waals surface area contributed by atoms with E-state index < -0.39 is 6.10 Å². The van der Waals surface area contributed by atoms with Gasteiger partial charge in [0.1, 0.15) is 0 Å². The summed E-state index contributed by atoms with van der Waals surface area (Å²) >= 11 is 0. The van der Waals surface area contributed by atoms with Crippen molar-refractivity contribution < 1.29 is 14.6 Å². The number of ether oxygens (including phenoxy) is 1. The Hall–Kier alpha value is -0.830. The molecule has 0 unspecified atom stereocenters. The molecule has 0 aromatic carbocycles. The van der Waals surface area contributed by atoms with Gasteiger partial charge in [0.05, 0.1) is 6.26 Å². The van der Waals surface area contributed by atoms with Crippen molar-refractivity contribution in [2.75, 3.05) is 6.61 Å². The third kappa shape index (κ3) is 1.29. The van der Waals surface area contributed by atoms with Crippen LogP contribution in [0.2, 0.25) is 0 Å². The van der Waals surface area contributed by atoms with Crippen LogP contribution < -0.4 is 0 Å². The van der Waals surface area contributed by atoms with Crippen LogP contribution >= 0.6 is 0 Å². The van der Waals surface area contributed by atoms with E-state index >= 15 is 0 Å². The van der Waals surface area contributed by atoms with Gasteiger partial charge in [0.2, 0.25) is 0 Å². The molecule has 0 radical (unpaired) electrons. The number of hydrogen-bond acceptors (Lipinski definition) is 3. The Morgan fingerprint density at radius 1 is 1.78 bits per heavy atom. The largest absolute Gasteiger partial charge is 0.490 e. The zero-order valence-corrected chi connectivity index (χ0v) is 4.91. The molecule has 0 aromatic rings. The van der Waals surface area contributed by atoms with Crippen LogP contribution in [-0.4, -0.2) is 23.6 Å². The highest BCUT2D eigenvalue weighted by Crippen LogP contribution is 2.07. The number of aliphatic hydroxyl groups excluding tert-OH is 1. The van der Waals surface area contributed by atoms with E-state index in [0.29, 0.717) is 6.42 Å². The third-order valence-corrected chi connectivity index (χ3v) is 1.18. The van der Waals surface area contributed by atoms with E-state index in [1.807, 2.05) is 0 Å². The standard InChI is InChI=1S/C6H8O3/c7-3-1-6-5(8)2-4-9-6/h2,4,6-7H,1,3H2/t6-/m1/s1. The number of aliphatic hydroxyl groups is 1. The van der Waals surface area contributed by atoms with Crippen LogP contribution in [0, 0.1) is 0 Å². The second-order valence-electron chi connectivity index (χ2n) is 1.84. The molecule has 50 valence electrons. The van der Waals surface area contributed by atoms with Crippen LogP contribution in [-0.2, 0) is 9.53 Å². The minimum absolute atomic E-state index is 0.00190. The molecule has 9 heavy (non-hydrogen) atoms. The van der Waals surface area contributed by atoms with Crippen molar-refractivity contribution in [2.24, 2.45) is 0 Å². The maximum Gasteiger partial charge on any atom is 0.199 e. The van der Waals surface area contributed by atoms with Gasteiger partial charge in [-0.25, -0.2) is 0 Å². The van der Waals surface area contributed by atoms with Crippen LogP contribution in [0.1, 0.15) is 6.42 Å². The monoisotopic (exact) mass is 128 g/mol. The van der Waals surface area contributed by atoms with E-state index in [1.54, 1.807) is 0 Å². The number of ketones is 1. The second-order valence-corrected chi connectivity index (χ2v) is 1.84. The second kappa shape index (κ2) is 2.64. The Morgan fingerprint density at radius 3 is 3.00 bits per heavy atom. The van der Waals surface area contributed by atoms with Gasteiger partial charge in [0, 0.05) is 19.1 Å². The highest BCUT2D eigenvalue weighted by atomic mass is 16.5. The number of carbonyl (C=O) groups is 1. The summed E-state index contributed by atoms with van der Waals surface area (Å²) in [5, 5.41) is 8.38. The quantitative estimate of drug-likeness (QED) is 0.562. The predicted octanol–water partition coefficient (Wildman–Crippen LogP) is -0.150. The average molecular weight is 128 g/mol. The molecule has 1 aliphatic heterocycles. The lowest BCUT2D eigenvalue weighted by molar-refractivity contribution is -0.120. The fraction of sp³-hybridized carbons (Fsp3) is 0.500. The average Bonchev–Trinajstić information content (AvgIpc) is 2.18. The molecule has 1 rings (SSSR count). The summed E-state index contributed by atoms with van der Waals surface area (Å²) in [6.45, 7) is -0.00190. The first-order chi connectivity index (χ1) is 4.34. The molecule has 0 bridgehead atoms. The van der Waals surface area contributed by atoms with Gasteiger partial charge < -0.3 is 9.84 Å². The van der Waals surface area contributed by atoms with Gasteiger partial charge in [-0.05, 0) is 0 Å². The Labute approximate surface area is 52.9 Å². The van der Waals surface area contributed by atoms with Gasteiger partial charge in [-0.15, -0.1) is 0 Å². The number of hydrogen-bond donors (Lipinski definition) is 1. The lowest BCUT2D eigenvalue weighted by atomic mass is 10.2. The third-order valence-electron chi connectivity index (χ3n) is 1.18. The fourth-order valence-corrected chi connectivity index (χ4v) is 0.703. The van der Waals surface area contributed by atoms with Crippen LogP contribution in [0.5, 0.6) is 0 Å². The van der Waals surface area contributed by atoms with Crippen molar-refractivity contribution in [1.29, 1.82) is 0 Å². The summed E-state index contributed by atoms with van der Waals surface area (Å²) in [6, 6.07) is 0. The molecular weight excluding hydrogens is 120 g/mol. The van der Waals surface area contributed by atoms with Crippen molar-refractivity contribution in [3.05, 3.63) is 12.3 Å². The molecule has 1 atom stereocenters. The molecule has 0 amide bonds. The van der Waals surface area contributed by atoms with Gasteiger partial charge in [0.15, 0.2) is 11.9 Å². The first kappa shape index (κ1) is 6.29. The number of rotatable bonds is 2. The van der Waals surface area contributed by atoms with Crippen molar-refractivity contribution in [3.8, 4) is 0 Å². The lowest BCUT2D eigenvalue weighted by Crippen LogP contribution is -2.16. The van der Waals surface area contributed by atoms with Crippen molar-refractivity contribution >= 4 is 5.78 Å². The molecule has 1 aliphatic rings. The van der Waals surface area contributed by atoms with Gasteiger partial charge in [-0.3, -0.25) is 4.79 Å². The molecule has 0 saturated carbocycles. The van der Waals surface area contributed by atoms with Gasteiger partial charge in [0.25, 0.3) is 0 Å². The van der Waals surface area contributed by atoms with E-state index in [1.165, 1.54) is 12.3 Å². The van der Waals surface area contributed by atoms with E-state index in [4.69, 9.17) is 9.84 Å². The summed E-state index contributed by atoms with van der Waals surface area (Å²) in [5.41, 5.74) is 0. The van der Waals surface area contributed by atoms with Crippen LogP contribution in [0.25, 0.3) is 0 Å². The van der Waals surface area contributed by atoms with Crippen molar-refractivity contribution in [1.82, 2.24) is 0 Å². The molecule has 0 spiro atoms. The number of carbonyl (C=O) groups excluding carboxylic acids is 1. The molecule has 0 fully saturated rings. The Balaban J connectivity index is 2.37. The first-order valence-electron chi connectivity index (χ1n) is 2.81. The molecule has 0 aromatic heterocycles. The summed E-state index contributed by atoms with van der Waals surface area (Å²) in [4.78, 5) is 10.6. The van der Waals surface area contributed by atoms with Crippen molar-refractivity contribution in [3.63, 3.8) is 0 Å². The summed E-state index contributed by atoms with van der Waals surface area (Å²) in [5.74, 6) is -0.0518. The topological polar surface area (TPSA) is 46.5 Å². The summed E-state index contributed by atoms with van der Waals surface area (Å²) < 4.78 is 4.82. The molecule has 3 nitrogen and oxygen atoms in total. The van der Waals surface area contributed by atoms with Gasteiger partial charge in [-0.2, -0.15) is 0 Å². The Bertz CT molecular complexity index is 139. The molecule has 0 saturated heterocycles. The van der Waals surface area contributed by atoms with Gasteiger partial charge in [-0.1, -0.05) is 0 Å². The zero-order valence-electron chi connectivity index (χ0n) is 4.91. The maximum atomic E-state index is 10.6. The molecule has 0 aliphatic carbocycles. The van der Waals surface area contributed by atoms with Gasteiger partial charge >= 0.3 is 0 Å². The molecular formula is C6H8O3. The lowest BCUT2D eigenvalue weighted by Gasteiger charge is -2.04. The molecule has 1 heterocycles. The Kier molecular flexibility index (Phi) is 1.85. The highest BCUT2D eigenvalue weighted by Gasteiger charge is 2.19. The van der Waals surface area contributed by atoms with E-state index in [9.17, 15) is 4.79 Å². The Morgan fingerprint density at radius 2 is 2.56 bits per heavy atom. The predicted molar refractivity (Wildman–Crippen MR) is 30.7 cm³/mol. The molecule has 3 heteroatoms. The summed E-state index contributed by atoms with van der Waals surface area (Å²) in [6.07, 6.45) is 2.71. The highest BCUT2D eigenvalue weighted by molar-refractivity contribution is 5.94.